The van der Waals surface area contributed by atoms with Crippen molar-refractivity contribution in [3.8, 4) is 11.3 Å². The standard InChI is InChI=1S/C25H33N5O/c1-18-19(2)27-25(20-3-5-22(6-4-20)30-11-8-26-9-12-30)23-17-21(28-24(18)23)7-10-29-13-15-31-16-14-29/h3-6,17,26,28H,7-16H2,1-2H3. The number of H-pyrrole nitrogens is 1. The molecule has 0 bridgehead atoms. The van der Waals surface area contributed by atoms with E-state index in [4.69, 9.17) is 9.72 Å². The van der Waals surface area contributed by atoms with Crippen LogP contribution in [0.1, 0.15) is 17.0 Å². The maximum atomic E-state index is 5.48. The van der Waals surface area contributed by atoms with Gasteiger partial charge in [0.05, 0.1) is 24.4 Å². The normalized spacial score (nSPS) is 18.1. The zero-order valence-corrected chi connectivity index (χ0v) is 18.7. The monoisotopic (exact) mass is 419 g/mol. The van der Waals surface area contributed by atoms with Crippen molar-refractivity contribution >= 4 is 16.6 Å². The Balaban J connectivity index is 1.42. The molecule has 2 aromatic heterocycles. The molecular weight excluding hydrogens is 386 g/mol. The molecule has 0 saturated carbocycles. The highest BCUT2D eigenvalue weighted by Crippen LogP contribution is 2.32. The summed E-state index contributed by atoms with van der Waals surface area (Å²) in [7, 11) is 0. The lowest BCUT2D eigenvalue weighted by Gasteiger charge is -2.29. The summed E-state index contributed by atoms with van der Waals surface area (Å²) < 4.78 is 5.48. The number of aromatic amines is 1. The topological polar surface area (TPSA) is 56.4 Å². The van der Waals surface area contributed by atoms with Crippen LogP contribution in [-0.4, -0.2) is 73.9 Å². The van der Waals surface area contributed by atoms with Crippen molar-refractivity contribution in [1.82, 2.24) is 20.2 Å². The number of nitrogens with one attached hydrogen (secondary N) is 2. The molecule has 6 nitrogen and oxygen atoms in total. The number of pyridine rings is 1. The Morgan fingerprint density at radius 1 is 1.00 bits per heavy atom. The summed E-state index contributed by atoms with van der Waals surface area (Å²) in [5.41, 5.74) is 8.42. The lowest BCUT2D eigenvalue weighted by Crippen LogP contribution is -2.43. The van der Waals surface area contributed by atoms with Gasteiger partial charge in [-0.1, -0.05) is 12.1 Å². The zero-order chi connectivity index (χ0) is 21.2. The number of piperazine rings is 1. The SMILES string of the molecule is Cc1nc(-c2ccc(N3CCNCC3)cc2)c2cc(CCN3CCOCC3)[nH]c2c1C. The molecule has 0 spiro atoms. The van der Waals surface area contributed by atoms with Crippen molar-refractivity contribution in [2.75, 3.05) is 63.9 Å². The fraction of sp³-hybridized carbons (Fsp3) is 0.480. The predicted molar refractivity (Wildman–Crippen MR) is 127 cm³/mol. The molecule has 0 unspecified atom stereocenters. The van der Waals surface area contributed by atoms with Crippen molar-refractivity contribution in [2.24, 2.45) is 0 Å². The first-order valence-corrected chi connectivity index (χ1v) is 11.5. The van der Waals surface area contributed by atoms with Gasteiger partial charge in [0.1, 0.15) is 0 Å². The molecule has 2 aliphatic heterocycles. The Kier molecular flexibility index (Phi) is 5.94. The fourth-order valence-electron chi connectivity index (χ4n) is 4.70. The molecule has 1 aromatic carbocycles. The third-order valence-corrected chi connectivity index (χ3v) is 6.75. The number of hydrogen-bond acceptors (Lipinski definition) is 5. The molecular formula is C25H33N5O. The molecule has 6 heteroatoms. The third kappa shape index (κ3) is 4.33. The highest BCUT2D eigenvalue weighted by molar-refractivity contribution is 5.95. The number of rotatable bonds is 5. The molecule has 4 heterocycles. The highest BCUT2D eigenvalue weighted by atomic mass is 16.5. The number of aromatic nitrogens is 2. The Bertz CT molecular complexity index is 1030. The summed E-state index contributed by atoms with van der Waals surface area (Å²) in [6.07, 6.45) is 1.02. The zero-order valence-electron chi connectivity index (χ0n) is 18.7. The van der Waals surface area contributed by atoms with E-state index in [1.165, 1.54) is 33.4 Å². The van der Waals surface area contributed by atoms with E-state index in [9.17, 15) is 0 Å². The van der Waals surface area contributed by atoms with Crippen LogP contribution in [0.3, 0.4) is 0 Å². The first kappa shape index (κ1) is 20.5. The average Bonchev–Trinajstić information content (AvgIpc) is 3.26. The second-order valence-electron chi connectivity index (χ2n) is 8.74. The van der Waals surface area contributed by atoms with Crippen LogP contribution in [0, 0.1) is 13.8 Å². The number of ether oxygens (including phenoxy) is 1. The molecule has 0 atom stereocenters. The van der Waals surface area contributed by atoms with Crippen LogP contribution in [-0.2, 0) is 11.2 Å². The van der Waals surface area contributed by atoms with Gasteiger partial charge < -0.3 is 19.9 Å². The number of anilines is 1. The number of nitrogens with zero attached hydrogens (tertiary/aromatic N) is 3. The van der Waals surface area contributed by atoms with Crippen LogP contribution in [0.15, 0.2) is 30.3 Å². The van der Waals surface area contributed by atoms with Gasteiger partial charge >= 0.3 is 0 Å². The van der Waals surface area contributed by atoms with Gasteiger partial charge in [-0.3, -0.25) is 9.88 Å². The summed E-state index contributed by atoms with van der Waals surface area (Å²) in [6.45, 7) is 13.4. The summed E-state index contributed by atoms with van der Waals surface area (Å²) in [6, 6.07) is 11.3. The van der Waals surface area contributed by atoms with Gasteiger partial charge in [-0.15, -0.1) is 0 Å². The van der Waals surface area contributed by atoms with Gasteiger partial charge in [0.15, 0.2) is 0 Å². The first-order valence-electron chi connectivity index (χ1n) is 11.5. The van der Waals surface area contributed by atoms with Gasteiger partial charge in [0.2, 0.25) is 0 Å². The fourth-order valence-corrected chi connectivity index (χ4v) is 4.70. The molecule has 0 amide bonds. The average molecular weight is 420 g/mol. The first-order chi connectivity index (χ1) is 15.2. The number of morpholine rings is 1. The molecule has 2 saturated heterocycles. The summed E-state index contributed by atoms with van der Waals surface area (Å²) >= 11 is 0. The van der Waals surface area contributed by atoms with E-state index in [-0.39, 0.29) is 0 Å². The maximum absolute atomic E-state index is 5.48. The quantitative estimate of drug-likeness (QED) is 0.666. The van der Waals surface area contributed by atoms with Gasteiger partial charge in [-0.25, -0.2) is 0 Å². The summed E-state index contributed by atoms with van der Waals surface area (Å²) in [5, 5.41) is 4.65. The number of hydrogen-bond donors (Lipinski definition) is 2. The molecule has 3 aromatic rings. The van der Waals surface area contributed by atoms with E-state index >= 15 is 0 Å². The highest BCUT2D eigenvalue weighted by Gasteiger charge is 2.16. The van der Waals surface area contributed by atoms with Crippen molar-refractivity contribution in [3.05, 3.63) is 47.3 Å². The third-order valence-electron chi connectivity index (χ3n) is 6.75. The molecule has 0 radical (unpaired) electrons. The molecule has 164 valence electrons. The van der Waals surface area contributed by atoms with Gasteiger partial charge in [0, 0.05) is 80.3 Å². The van der Waals surface area contributed by atoms with Crippen molar-refractivity contribution < 1.29 is 4.74 Å². The summed E-state index contributed by atoms with van der Waals surface area (Å²) in [4.78, 5) is 13.6. The van der Waals surface area contributed by atoms with Crippen molar-refractivity contribution in [1.29, 1.82) is 0 Å². The second-order valence-corrected chi connectivity index (χ2v) is 8.74. The smallest absolute Gasteiger partial charge is 0.0799 e. The number of benzene rings is 1. The second kappa shape index (κ2) is 8.99. The van der Waals surface area contributed by atoms with Crippen LogP contribution < -0.4 is 10.2 Å². The minimum atomic E-state index is 0.850. The van der Waals surface area contributed by atoms with E-state index in [1.54, 1.807) is 0 Å². The van der Waals surface area contributed by atoms with E-state index < -0.39 is 0 Å². The van der Waals surface area contributed by atoms with Crippen molar-refractivity contribution in [2.45, 2.75) is 20.3 Å². The number of fused-ring (bicyclic) bond motifs is 1. The van der Waals surface area contributed by atoms with Crippen molar-refractivity contribution in [3.63, 3.8) is 0 Å². The summed E-state index contributed by atoms with van der Waals surface area (Å²) in [5.74, 6) is 0. The van der Waals surface area contributed by atoms with Crippen LogP contribution in [0.5, 0.6) is 0 Å². The minimum Gasteiger partial charge on any atom is -0.379 e. The predicted octanol–water partition coefficient (Wildman–Crippen LogP) is 3.13. The van der Waals surface area contributed by atoms with Crippen LogP contribution in [0.2, 0.25) is 0 Å². The lowest BCUT2D eigenvalue weighted by molar-refractivity contribution is 0.0383. The molecule has 2 fully saturated rings. The Hall–Kier alpha value is -2.41. The van der Waals surface area contributed by atoms with E-state index in [0.29, 0.717) is 0 Å². The Morgan fingerprint density at radius 3 is 2.48 bits per heavy atom. The molecule has 31 heavy (non-hydrogen) atoms. The van der Waals surface area contributed by atoms with Crippen LogP contribution in [0.25, 0.3) is 22.2 Å². The Labute approximate surface area is 184 Å². The van der Waals surface area contributed by atoms with Gasteiger partial charge in [-0.05, 0) is 37.6 Å². The molecule has 5 rings (SSSR count). The van der Waals surface area contributed by atoms with Crippen LogP contribution >= 0.6 is 0 Å². The number of aryl methyl sites for hydroxylation is 2. The van der Waals surface area contributed by atoms with E-state index in [2.05, 4.69) is 64.3 Å². The van der Waals surface area contributed by atoms with Gasteiger partial charge in [-0.2, -0.15) is 0 Å². The minimum absolute atomic E-state index is 0.850. The molecule has 2 aliphatic rings. The molecule has 0 aliphatic carbocycles. The van der Waals surface area contributed by atoms with E-state index in [1.807, 2.05) is 0 Å². The largest absolute Gasteiger partial charge is 0.379 e. The van der Waals surface area contributed by atoms with Gasteiger partial charge in [0.25, 0.3) is 0 Å². The Morgan fingerprint density at radius 2 is 1.74 bits per heavy atom. The maximum Gasteiger partial charge on any atom is 0.0799 e. The van der Waals surface area contributed by atoms with Crippen LogP contribution in [0.4, 0.5) is 5.69 Å². The molecule has 2 N–H and O–H groups in total. The lowest BCUT2D eigenvalue weighted by atomic mass is 10.0. The van der Waals surface area contributed by atoms with E-state index in [0.717, 1.165) is 76.8 Å².